The van der Waals surface area contributed by atoms with Crippen LogP contribution in [0.5, 0.6) is 0 Å². The van der Waals surface area contributed by atoms with Gasteiger partial charge in [0, 0.05) is 12.1 Å². The van der Waals surface area contributed by atoms with Gasteiger partial charge in [0.1, 0.15) is 0 Å². The van der Waals surface area contributed by atoms with Crippen molar-refractivity contribution in [2.24, 2.45) is 5.92 Å². The molecule has 2 N–H and O–H groups in total. The average molecular weight is 281 g/mol. The lowest BCUT2D eigenvalue weighted by Gasteiger charge is -2.33. The van der Waals surface area contributed by atoms with Gasteiger partial charge in [-0.15, -0.1) is 0 Å². The van der Waals surface area contributed by atoms with E-state index in [4.69, 9.17) is 0 Å². The molecule has 2 aliphatic rings. The third-order valence-corrected chi connectivity index (χ3v) is 5.39. The van der Waals surface area contributed by atoms with Crippen molar-refractivity contribution in [1.82, 2.24) is 15.5 Å². The van der Waals surface area contributed by atoms with Crippen molar-refractivity contribution in [2.75, 3.05) is 32.7 Å². The Morgan fingerprint density at radius 2 is 1.90 bits per heavy atom. The lowest BCUT2D eigenvalue weighted by Crippen LogP contribution is -2.47. The van der Waals surface area contributed by atoms with Crippen LogP contribution in [-0.4, -0.2) is 49.7 Å². The Labute approximate surface area is 125 Å². The van der Waals surface area contributed by atoms with Gasteiger partial charge in [-0.05, 0) is 70.7 Å². The molecule has 3 unspecified atom stereocenters. The second-order valence-electron chi connectivity index (χ2n) is 6.59. The predicted octanol–water partition coefficient (Wildman–Crippen LogP) is 2.62. The summed E-state index contributed by atoms with van der Waals surface area (Å²) in [6, 6.07) is 1.58. The van der Waals surface area contributed by atoms with Crippen LogP contribution in [0.3, 0.4) is 0 Å². The largest absolute Gasteiger partial charge is 0.314 e. The van der Waals surface area contributed by atoms with Crippen LogP contribution < -0.4 is 10.6 Å². The third kappa shape index (κ3) is 4.71. The van der Waals surface area contributed by atoms with E-state index in [1.165, 1.54) is 77.7 Å². The van der Waals surface area contributed by atoms with E-state index in [0.717, 1.165) is 18.0 Å². The summed E-state index contributed by atoms with van der Waals surface area (Å²) < 4.78 is 0. The Hall–Kier alpha value is -0.120. The van der Waals surface area contributed by atoms with E-state index in [2.05, 4.69) is 29.4 Å². The van der Waals surface area contributed by atoms with E-state index in [1.54, 1.807) is 0 Å². The van der Waals surface area contributed by atoms with Gasteiger partial charge in [-0.3, -0.25) is 0 Å². The van der Waals surface area contributed by atoms with Gasteiger partial charge in [0.25, 0.3) is 0 Å². The van der Waals surface area contributed by atoms with Crippen LogP contribution in [0.15, 0.2) is 0 Å². The minimum atomic E-state index is 0.780. The molecule has 0 aromatic rings. The molecule has 1 saturated carbocycles. The van der Waals surface area contributed by atoms with Gasteiger partial charge in [0.2, 0.25) is 0 Å². The normalized spacial score (nSPS) is 31.1. The minimum Gasteiger partial charge on any atom is -0.314 e. The summed E-state index contributed by atoms with van der Waals surface area (Å²) in [6.45, 7) is 10.6. The third-order valence-electron chi connectivity index (χ3n) is 5.39. The number of hydrogen-bond donors (Lipinski definition) is 2. The van der Waals surface area contributed by atoms with Crippen LogP contribution in [-0.2, 0) is 0 Å². The molecule has 0 bridgehead atoms. The van der Waals surface area contributed by atoms with Gasteiger partial charge in [-0.25, -0.2) is 0 Å². The highest BCUT2D eigenvalue weighted by atomic mass is 15.1. The molecule has 3 heteroatoms. The van der Waals surface area contributed by atoms with Crippen LogP contribution in [0, 0.1) is 5.92 Å². The van der Waals surface area contributed by atoms with Crippen LogP contribution >= 0.6 is 0 Å². The van der Waals surface area contributed by atoms with Gasteiger partial charge in [0.05, 0.1) is 0 Å². The number of hydrogen-bond acceptors (Lipinski definition) is 3. The van der Waals surface area contributed by atoms with Crippen molar-refractivity contribution >= 4 is 0 Å². The first-order chi connectivity index (χ1) is 9.85. The van der Waals surface area contributed by atoms with E-state index in [0.29, 0.717) is 0 Å². The summed E-state index contributed by atoms with van der Waals surface area (Å²) >= 11 is 0. The van der Waals surface area contributed by atoms with Crippen molar-refractivity contribution in [3.8, 4) is 0 Å². The van der Waals surface area contributed by atoms with Gasteiger partial charge < -0.3 is 15.5 Å². The molecular weight excluding hydrogens is 246 g/mol. The quantitative estimate of drug-likeness (QED) is 0.670. The lowest BCUT2D eigenvalue weighted by atomic mass is 9.88. The monoisotopic (exact) mass is 281 g/mol. The number of nitrogens with one attached hydrogen (secondary N) is 2. The fourth-order valence-corrected chi connectivity index (χ4v) is 4.10. The van der Waals surface area contributed by atoms with Gasteiger partial charge in [0.15, 0.2) is 0 Å². The van der Waals surface area contributed by atoms with E-state index < -0.39 is 0 Å². The SMILES string of the molecule is CCN(CC)CCCNC1CCCC1C1CCCCN1. The zero-order valence-electron chi connectivity index (χ0n) is 13.7. The topological polar surface area (TPSA) is 27.3 Å². The fourth-order valence-electron chi connectivity index (χ4n) is 4.10. The van der Waals surface area contributed by atoms with E-state index in [9.17, 15) is 0 Å². The number of piperidine rings is 1. The van der Waals surface area contributed by atoms with Crippen molar-refractivity contribution in [3.63, 3.8) is 0 Å². The molecule has 1 saturated heterocycles. The first kappa shape index (κ1) is 16.3. The average Bonchev–Trinajstić information content (AvgIpc) is 2.97. The molecule has 2 fully saturated rings. The zero-order valence-corrected chi connectivity index (χ0v) is 13.7. The van der Waals surface area contributed by atoms with Crippen molar-refractivity contribution < 1.29 is 0 Å². The molecule has 0 spiro atoms. The van der Waals surface area contributed by atoms with Gasteiger partial charge >= 0.3 is 0 Å². The minimum absolute atomic E-state index is 0.780. The Bertz CT molecular complexity index is 247. The van der Waals surface area contributed by atoms with Crippen LogP contribution in [0.2, 0.25) is 0 Å². The predicted molar refractivity (Wildman–Crippen MR) is 87.2 cm³/mol. The molecule has 118 valence electrons. The summed E-state index contributed by atoms with van der Waals surface area (Å²) in [7, 11) is 0. The van der Waals surface area contributed by atoms with Crippen molar-refractivity contribution in [2.45, 2.75) is 70.9 Å². The highest BCUT2D eigenvalue weighted by Crippen LogP contribution is 2.31. The maximum atomic E-state index is 3.87. The first-order valence-electron chi connectivity index (χ1n) is 9.04. The molecule has 1 aliphatic carbocycles. The zero-order chi connectivity index (χ0) is 14.2. The van der Waals surface area contributed by atoms with Gasteiger partial charge in [-0.2, -0.15) is 0 Å². The Morgan fingerprint density at radius 1 is 1.05 bits per heavy atom. The maximum absolute atomic E-state index is 3.87. The molecule has 0 radical (unpaired) electrons. The molecule has 1 aliphatic heterocycles. The summed E-state index contributed by atoms with van der Waals surface area (Å²) in [4.78, 5) is 2.52. The van der Waals surface area contributed by atoms with Crippen LogP contribution in [0.25, 0.3) is 0 Å². The van der Waals surface area contributed by atoms with Crippen molar-refractivity contribution in [3.05, 3.63) is 0 Å². The second kappa shape index (κ2) is 9.01. The smallest absolute Gasteiger partial charge is 0.0110 e. The number of rotatable bonds is 8. The molecule has 2 rings (SSSR count). The van der Waals surface area contributed by atoms with E-state index >= 15 is 0 Å². The second-order valence-corrected chi connectivity index (χ2v) is 6.59. The lowest BCUT2D eigenvalue weighted by molar-refractivity contribution is 0.251. The molecule has 3 atom stereocenters. The highest BCUT2D eigenvalue weighted by Gasteiger charge is 2.33. The maximum Gasteiger partial charge on any atom is 0.0110 e. The Morgan fingerprint density at radius 3 is 2.60 bits per heavy atom. The van der Waals surface area contributed by atoms with Crippen molar-refractivity contribution in [1.29, 1.82) is 0 Å². The summed E-state index contributed by atoms with van der Waals surface area (Å²) in [6.07, 6.45) is 9.77. The summed E-state index contributed by atoms with van der Waals surface area (Å²) in [5, 5.41) is 7.64. The Balaban J connectivity index is 1.66. The van der Waals surface area contributed by atoms with Gasteiger partial charge in [-0.1, -0.05) is 26.7 Å². The molecule has 3 nitrogen and oxygen atoms in total. The molecule has 0 aromatic heterocycles. The van der Waals surface area contributed by atoms with Crippen LogP contribution in [0.4, 0.5) is 0 Å². The fraction of sp³-hybridized carbons (Fsp3) is 1.00. The molecule has 0 amide bonds. The molecule has 1 heterocycles. The first-order valence-corrected chi connectivity index (χ1v) is 9.04. The molecule has 20 heavy (non-hydrogen) atoms. The summed E-state index contributed by atoms with van der Waals surface area (Å²) in [5.74, 6) is 0.892. The summed E-state index contributed by atoms with van der Waals surface area (Å²) in [5.41, 5.74) is 0. The van der Waals surface area contributed by atoms with E-state index in [1.807, 2.05) is 0 Å². The van der Waals surface area contributed by atoms with Crippen LogP contribution in [0.1, 0.15) is 58.8 Å². The standard InChI is InChI=1S/C17H35N3/c1-3-20(4-2)14-8-13-19-17-11-7-9-15(17)16-10-5-6-12-18-16/h15-19H,3-14H2,1-2H3. The highest BCUT2D eigenvalue weighted by molar-refractivity contribution is 4.92. The number of nitrogens with zero attached hydrogens (tertiary/aromatic N) is 1. The molecular formula is C17H35N3. The Kier molecular flexibility index (Phi) is 7.32. The van der Waals surface area contributed by atoms with E-state index in [-0.39, 0.29) is 0 Å². The molecule has 0 aromatic carbocycles.